The molecule has 0 amide bonds. The Kier molecular flexibility index (Phi) is 3.42. The number of nitrogens with two attached hydrogens (primary N) is 1. The first-order valence-corrected chi connectivity index (χ1v) is 5.95. The van der Waals surface area contributed by atoms with Crippen LogP contribution in [0.4, 0.5) is 17.1 Å². The average Bonchev–Trinajstić information content (AvgIpc) is 2.35. The molecule has 98 valence electrons. The molecule has 0 heterocycles. The zero-order valence-electron chi connectivity index (χ0n) is 10.9. The van der Waals surface area contributed by atoms with Crippen LogP contribution in [0.5, 0.6) is 0 Å². The summed E-state index contributed by atoms with van der Waals surface area (Å²) in [6, 6.07) is 10.6. The lowest BCUT2D eigenvalue weighted by atomic mass is 10.1. The van der Waals surface area contributed by atoms with Crippen molar-refractivity contribution in [1.82, 2.24) is 0 Å². The van der Waals surface area contributed by atoms with Gasteiger partial charge >= 0.3 is 5.97 Å². The van der Waals surface area contributed by atoms with Crippen LogP contribution in [0.15, 0.2) is 36.4 Å². The van der Waals surface area contributed by atoms with Gasteiger partial charge in [0.15, 0.2) is 0 Å². The monoisotopic (exact) mass is 256 g/mol. The largest absolute Gasteiger partial charge is 0.478 e. The van der Waals surface area contributed by atoms with E-state index in [1.54, 1.807) is 12.1 Å². The summed E-state index contributed by atoms with van der Waals surface area (Å²) in [6.07, 6.45) is 0. The van der Waals surface area contributed by atoms with Gasteiger partial charge in [0.2, 0.25) is 0 Å². The maximum absolute atomic E-state index is 11.2. The maximum Gasteiger partial charge on any atom is 0.337 e. The molecule has 0 bridgehead atoms. The Morgan fingerprint density at radius 2 is 1.89 bits per heavy atom. The van der Waals surface area contributed by atoms with Crippen LogP contribution in [-0.2, 0) is 0 Å². The standard InChI is InChI=1S/C15H16N2O2/c1-9-4-3-5-13(10(9)2)17-14-8-11(16)6-7-12(14)15(18)19/h3-8,17H,16H2,1-2H3,(H,18,19). The molecule has 4 nitrogen and oxygen atoms in total. The van der Waals surface area contributed by atoms with Gasteiger partial charge in [0.1, 0.15) is 0 Å². The minimum Gasteiger partial charge on any atom is -0.478 e. The number of benzene rings is 2. The van der Waals surface area contributed by atoms with Crippen molar-refractivity contribution < 1.29 is 9.90 Å². The summed E-state index contributed by atoms with van der Waals surface area (Å²) in [5, 5.41) is 12.3. The van der Waals surface area contributed by atoms with E-state index < -0.39 is 5.97 Å². The van der Waals surface area contributed by atoms with Gasteiger partial charge in [-0.25, -0.2) is 4.79 Å². The number of hydrogen-bond acceptors (Lipinski definition) is 3. The van der Waals surface area contributed by atoms with E-state index >= 15 is 0 Å². The van der Waals surface area contributed by atoms with Crippen LogP contribution < -0.4 is 11.1 Å². The van der Waals surface area contributed by atoms with E-state index in [1.165, 1.54) is 6.07 Å². The topological polar surface area (TPSA) is 75.3 Å². The number of aromatic carboxylic acids is 1. The molecule has 2 rings (SSSR count). The minimum atomic E-state index is -0.979. The Morgan fingerprint density at radius 1 is 1.16 bits per heavy atom. The average molecular weight is 256 g/mol. The molecule has 0 aromatic heterocycles. The van der Waals surface area contributed by atoms with Gasteiger partial charge < -0.3 is 16.2 Å². The summed E-state index contributed by atoms with van der Waals surface area (Å²) in [7, 11) is 0. The Balaban J connectivity index is 2.45. The first kappa shape index (κ1) is 13.0. The molecule has 0 aliphatic heterocycles. The van der Waals surface area contributed by atoms with Crippen molar-refractivity contribution in [3.8, 4) is 0 Å². The molecule has 0 fully saturated rings. The number of nitrogen functional groups attached to an aromatic ring is 1. The summed E-state index contributed by atoms with van der Waals surface area (Å²) < 4.78 is 0. The first-order valence-electron chi connectivity index (χ1n) is 5.95. The summed E-state index contributed by atoms with van der Waals surface area (Å²) in [5.74, 6) is -0.979. The molecule has 2 aromatic carbocycles. The first-order chi connectivity index (χ1) is 8.99. The predicted octanol–water partition coefficient (Wildman–Crippen LogP) is 3.33. The Hall–Kier alpha value is -2.49. The molecule has 0 saturated heterocycles. The fraction of sp³-hybridized carbons (Fsp3) is 0.133. The molecule has 4 N–H and O–H groups in total. The quantitative estimate of drug-likeness (QED) is 0.736. The van der Waals surface area contributed by atoms with Crippen LogP contribution in [0.2, 0.25) is 0 Å². The van der Waals surface area contributed by atoms with Gasteiger partial charge in [-0.15, -0.1) is 0 Å². The van der Waals surface area contributed by atoms with Crippen molar-refractivity contribution in [2.24, 2.45) is 0 Å². The van der Waals surface area contributed by atoms with E-state index in [-0.39, 0.29) is 5.56 Å². The van der Waals surface area contributed by atoms with Crippen LogP contribution >= 0.6 is 0 Å². The van der Waals surface area contributed by atoms with Gasteiger partial charge in [0.25, 0.3) is 0 Å². The fourth-order valence-electron chi connectivity index (χ4n) is 1.88. The number of anilines is 3. The molecule has 2 aromatic rings. The third kappa shape index (κ3) is 2.68. The molecule has 0 unspecified atom stereocenters. The summed E-state index contributed by atoms with van der Waals surface area (Å²) >= 11 is 0. The van der Waals surface area contributed by atoms with Crippen LogP contribution in [0.1, 0.15) is 21.5 Å². The minimum absolute atomic E-state index is 0.204. The Bertz CT molecular complexity index is 636. The second-order valence-corrected chi connectivity index (χ2v) is 4.48. The highest BCUT2D eigenvalue weighted by Gasteiger charge is 2.11. The number of carbonyl (C=O) groups is 1. The number of rotatable bonds is 3. The van der Waals surface area contributed by atoms with E-state index in [2.05, 4.69) is 5.32 Å². The van der Waals surface area contributed by atoms with Crippen molar-refractivity contribution in [1.29, 1.82) is 0 Å². The van der Waals surface area contributed by atoms with E-state index in [4.69, 9.17) is 5.73 Å². The van der Waals surface area contributed by atoms with Crippen LogP contribution in [0, 0.1) is 13.8 Å². The van der Waals surface area contributed by atoms with Crippen LogP contribution in [0.3, 0.4) is 0 Å². The Labute approximate surface area is 111 Å². The van der Waals surface area contributed by atoms with Gasteiger partial charge in [-0.2, -0.15) is 0 Å². The third-order valence-corrected chi connectivity index (χ3v) is 3.15. The maximum atomic E-state index is 11.2. The third-order valence-electron chi connectivity index (χ3n) is 3.15. The lowest BCUT2D eigenvalue weighted by molar-refractivity contribution is 0.0698. The summed E-state index contributed by atoms with van der Waals surface area (Å²) in [4.78, 5) is 11.2. The van der Waals surface area contributed by atoms with Crippen molar-refractivity contribution in [3.63, 3.8) is 0 Å². The second kappa shape index (κ2) is 5.02. The van der Waals surface area contributed by atoms with E-state index in [0.717, 1.165) is 16.8 Å². The number of carboxylic acids is 1. The summed E-state index contributed by atoms with van der Waals surface area (Å²) in [5.41, 5.74) is 10.1. The molecule has 0 radical (unpaired) electrons. The highest BCUT2D eigenvalue weighted by Crippen LogP contribution is 2.26. The van der Waals surface area contributed by atoms with Gasteiger partial charge in [-0.3, -0.25) is 0 Å². The van der Waals surface area contributed by atoms with E-state index in [1.807, 2.05) is 32.0 Å². The number of carboxylic acid groups (broad SMARTS) is 1. The van der Waals surface area contributed by atoms with Crippen molar-refractivity contribution in [2.75, 3.05) is 11.1 Å². The summed E-state index contributed by atoms with van der Waals surface area (Å²) in [6.45, 7) is 4.00. The Morgan fingerprint density at radius 3 is 2.58 bits per heavy atom. The number of hydrogen-bond donors (Lipinski definition) is 3. The smallest absolute Gasteiger partial charge is 0.337 e. The predicted molar refractivity (Wildman–Crippen MR) is 77.0 cm³/mol. The second-order valence-electron chi connectivity index (χ2n) is 4.48. The van der Waals surface area contributed by atoms with Gasteiger partial charge in [0, 0.05) is 11.4 Å². The molecular weight excluding hydrogens is 240 g/mol. The van der Waals surface area contributed by atoms with E-state index in [9.17, 15) is 9.90 Å². The number of aryl methyl sites for hydroxylation is 1. The van der Waals surface area contributed by atoms with E-state index in [0.29, 0.717) is 11.4 Å². The lowest BCUT2D eigenvalue weighted by Gasteiger charge is -2.14. The molecule has 0 spiro atoms. The lowest BCUT2D eigenvalue weighted by Crippen LogP contribution is -2.04. The zero-order valence-corrected chi connectivity index (χ0v) is 10.9. The van der Waals surface area contributed by atoms with Gasteiger partial charge in [-0.1, -0.05) is 12.1 Å². The van der Waals surface area contributed by atoms with Crippen molar-refractivity contribution in [3.05, 3.63) is 53.1 Å². The highest BCUT2D eigenvalue weighted by atomic mass is 16.4. The van der Waals surface area contributed by atoms with Crippen LogP contribution in [-0.4, -0.2) is 11.1 Å². The zero-order chi connectivity index (χ0) is 14.0. The molecule has 0 aliphatic carbocycles. The normalized spacial score (nSPS) is 10.2. The SMILES string of the molecule is Cc1cccc(Nc2cc(N)ccc2C(=O)O)c1C. The van der Waals surface area contributed by atoms with Gasteiger partial charge in [0.05, 0.1) is 11.3 Å². The molecule has 0 aliphatic rings. The molecule has 0 atom stereocenters. The molecule has 0 saturated carbocycles. The molecular formula is C15H16N2O2. The van der Waals surface area contributed by atoms with Crippen LogP contribution in [0.25, 0.3) is 0 Å². The highest BCUT2D eigenvalue weighted by molar-refractivity contribution is 5.96. The van der Waals surface area contributed by atoms with Crippen molar-refractivity contribution in [2.45, 2.75) is 13.8 Å². The molecule has 4 heteroatoms. The van der Waals surface area contributed by atoms with Crippen molar-refractivity contribution >= 4 is 23.0 Å². The number of nitrogens with one attached hydrogen (secondary N) is 1. The fourth-order valence-corrected chi connectivity index (χ4v) is 1.88. The van der Waals surface area contributed by atoms with Gasteiger partial charge in [-0.05, 0) is 49.2 Å². The molecule has 19 heavy (non-hydrogen) atoms.